The third kappa shape index (κ3) is 4.37. The van der Waals surface area contributed by atoms with Gasteiger partial charge in [0.1, 0.15) is 16.9 Å². The number of pyridine rings is 1. The van der Waals surface area contributed by atoms with E-state index in [1.165, 1.54) is 4.57 Å². The minimum Gasteiger partial charge on any atom is -0.358 e. The van der Waals surface area contributed by atoms with E-state index < -0.39 is 12.7 Å². The molecule has 4 heterocycles. The summed E-state index contributed by atoms with van der Waals surface area (Å²) >= 11 is 7.90. The SMILES string of the molecule is CSc1cc(-c2ccn(C)n2)ccc1Nc1cc(Cl)nc2c1nc(C(F)F)n2C1CCCCO1. The number of benzene rings is 1. The summed E-state index contributed by atoms with van der Waals surface area (Å²) in [6.07, 6.45) is 2.96. The van der Waals surface area contributed by atoms with Crippen LogP contribution in [0.5, 0.6) is 0 Å². The molecule has 11 heteroatoms. The van der Waals surface area contributed by atoms with Crippen LogP contribution in [0.1, 0.15) is 37.7 Å². The number of hydrogen-bond acceptors (Lipinski definition) is 6. The lowest BCUT2D eigenvalue weighted by Gasteiger charge is -2.25. The lowest BCUT2D eigenvalue weighted by atomic mass is 10.1. The number of nitrogens with one attached hydrogen (secondary N) is 1. The van der Waals surface area contributed by atoms with E-state index in [0.717, 1.165) is 34.7 Å². The second kappa shape index (κ2) is 9.52. The molecular weight excluding hydrogens is 482 g/mol. The van der Waals surface area contributed by atoms with E-state index in [0.29, 0.717) is 24.2 Å². The van der Waals surface area contributed by atoms with Gasteiger partial charge in [0, 0.05) is 36.4 Å². The number of rotatable bonds is 6. The Morgan fingerprint density at radius 2 is 2.03 bits per heavy atom. The molecule has 1 aliphatic heterocycles. The number of halogens is 3. The molecule has 0 bridgehead atoms. The first-order valence-electron chi connectivity index (χ1n) is 10.9. The minimum atomic E-state index is -2.77. The van der Waals surface area contributed by atoms with E-state index in [9.17, 15) is 8.78 Å². The molecule has 1 aliphatic rings. The first kappa shape index (κ1) is 23.1. The molecule has 0 radical (unpaired) electrons. The van der Waals surface area contributed by atoms with E-state index in [1.54, 1.807) is 22.5 Å². The topological polar surface area (TPSA) is 69.8 Å². The van der Waals surface area contributed by atoms with E-state index in [2.05, 4.69) is 20.4 Å². The summed E-state index contributed by atoms with van der Waals surface area (Å²) < 4.78 is 36.9. The predicted molar refractivity (Wildman–Crippen MR) is 130 cm³/mol. The van der Waals surface area contributed by atoms with E-state index in [-0.39, 0.29) is 16.6 Å². The van der Waals surface area contributed by atoms with Crippen molar-refractivity contribution in [3.63, 3.8) is 0 Å². The van der Waals surface area contributed by atoms with Gasteiger partial charge in [0.2, 0.25) is 0 Å². The van der Waals surface area contributed by atoms with Gasteiger partial charge >= 0.3 is 0 Å². The van der Waals surface area contributed by atoms with E-state index in [4.69, 9.17) is 16.3 Å². The number of hydrogen-bond donors (Lipinski definition) is 1. The molecule has 5 rings (SSSR count). The molecular formula is C23H23ClF2N6OS. The fourth-order valence-electron chi connectivity index (χ4n) is 4.18. The van der Waals surface area contributed by atoms with Crippen LogP contribution >= 0.6 is 23.4 Å². The quantitative estimate of drug-likeness (QED) is 0.236. The molecule has 4 aromatic rings. The van der Waals surface area contributed by atoms with Crippen molar-refractivity contribution in [1.29, 1.82) is 0 Å². The van der Waals surface area contributed by atoms with Gasteiger partial charge in [0.05, 0.1) is 17.1 Å². The standard InChI is InChI=1S/C23H23ClF2N6OS/c1-31-9-8-14(30-31)13-6-7-15(17(11-13)34-2)27-16-12-18(24)28-22-20(16)29-23(21(25)26)32(22)19-5-3-4-10-33-19/h6-9,11-12,19,21H,3-5,10H2,1-2H3,(H,27,28). The van der Waals surface area contributed by atoms with Crippen LogP contribution in [0.15, 0.2) is 41.4 Å². The van der Waals surface area contributed by atoms with Crippen LogP contribution in [0, 0.1) is 0 Å². The molecule has 7 nitrogen and oxygen atoms in total. The first-order chi connectivity index (χ1) is 16.4. The average molecular weight is 505 g/mol. The number of imidazole rings is 1. The first-order valence-corrected chi connectivity index (χ1v) is 12.5. The molecule has 3 aromatic heterocycles. The highest BCUT2D eigenvalue weighted by Crippen LogP contribution is 2.38. The average Bonchev–Trinajstić information content (AvgIpc) is 3.44. The van der Waals surface area contributed by atoms with Gasteiger partial charge in [-0.05, 0) is 43.7 Å². The van der Waals surface area contributed by atoms with Gasteiger partial charge in [-0.15, -0.1) is 11.8 Å². The van der Waals surface area contributed by atoms with Gasteiger partial charge in [-0.1, -0.05) is 17.7 Å². The third-order valence-corrected chi connectivity index (χ3v) is 6.73. The molecule has 1 saturated heterocycles. The van der Waals surface area contributed by atoms with Gasteiger partial charge in [-0.25, -0.2) is 18.7 Å². The summed E-state index contributed by atoms with van der Waals surface area (Å²) in [6.45, 7) is 0.512. The van der Waals surface area contributed by atoms with E-state index in [1.807, 2.05) is 43.8 Å². The predicted octanol–water partition coefficient (Wildman–Crippen LogP) is 6.59. The number of aryl methyl sites for hydroxylation is 1. The molecule has 1 aromatic carbocycles. The maximum atomic E-state index is 14.0. The van der Waals surface area contributed by atoms with Gasteiger partial charge in [-0.2, -0.15) is 5.10 Å². The van der Waals surface area contributed by atoms with Crippen LogP contribution in [0.25, 0.3) is 22.4 Å². The van der Waals surface area contributed by atoms with Crippen molar-refractivity contribution in [2.45, 2.75) is 36.8 Å². The number of ether oxygens (including phenoxy) is 1. The lowest BCUT2D eigenvalue weighted by molar-refractivity contribution is -0.0363. The Hall–Kier alpha value is -2.69. The van der Waals surface area contributed by atoms with Crippen molar-refractivity contribution in [1.82, 2.24) is 24.3 Å². The van der Waals surface area contributed by atoms with Gasteiger partial charge in [-0.3, -0.25) is 9.25 Å². The summed E-state index contributed by atoms with van der Waals surface area (Å²) in [6, 6.07) is 9.49. The van der Waals surface area contributed by atoms with Crippen LogP contribution in [-0.2, 0) is 11.8 Å². The van der Waals surface area contributed by atoms with Crippen LogP contribution in [0.4, 0.5) is 20.2 Å². The van der Waals surface area contributed by atoms with Gasteiger partial charge in [0.25, 0.3) is 6.43 Å². The zero-order valence-electron chi connectivity index (χ0n) is 18.6. The van der Waals surface area contributed by atoms with Crippen LogP contribution in [0.3, 0.4) is 0 Å². The zero-order chi connectivity index (χ0) is 23.8. The van der Waals surface area contributed by atoms with Crippen molar-refractivity contribution in [2.24, 2.45) is 7.05 Å². The highest BCUT2D eigenvalue weighted by atomic mass is 35.5. The molecule has 1 atom stereocenters. The highest BCUT2D eigenvalue weighted by molar-refractivity contribution is 7.98. The van der Waals surface area contributed by atoms with Crippen LogP contribution in [-0.4, -0.2) is 37.2 Å². The lowest BCUT2D eigenvalue weighted by Crippen LogP contribution is -2.20. The summed E-state index contributed by atoms with van der Waals surface area (Å²) in [5, 5.41) is 7.99. The van der Waals surface area contributed by atoms with Crippen LogP contribution in [0.2, 0.25) is 5.15 Å². The molecule has 0 amide bonds. The Bertz CT molecular complexity index is 1330. The number of aromatic nitrogens is 5. The number of anilines is 2. The Balaban J connectivity index is 1.58. The smallest absolute Gasteiger partial charge is 0.295 e. The molecule has 1 fully saturated rings. The number of fused-ring (bicyclic) bond motifs is 1. The summed E-state index contributed by atoms with van der Waals surface area (Å²) in [7, 11) is 1.87. The van der Waals surface area contributed by atoms with Crippen molar-refractivity contribution < 1.29 is 13.5 Å². The third-order valence-electron chi connectivity index (χ3n) is 5.76. The maximum Gasteiger partial charge on any atom is 0.295 e. The fourth-order valence-corrected chi connectivity index (χ4v) is 4.95. The summed E-state index contributed by atoms with van der Waals surface area (Å²) in [4.78, 5) is 9.60. The zero-order valence-corrected chi connectivity index (χ0v) is 20.2. The summed E-state index contributed by atoms with van der Waals surface area (Å²) in [5.74, 6) is -0.365. The van der Waals surface area contributed by atoms with Crippen molar-refractivity contribution in [3.8, 4) is 11.3 Å². The largest absolute Gasteiger partial charge is 0.358 e. The summed E-state index contributed by atoms with van der Waals surface area (Å²) in [5.41, 5.74) is 3.77. The van der Waals surface area contributed by atoms with E-state index >= 15 is 0 Å². The Kier molecular flexibility index (Phi) is 6.46. The molecule has 0 aliphatic carbocycles. The second-order valence-electron chi connectivity index (χ2n) is 8.04. The highest BCUT2D eigenvalue weighted by Gasteiger charge is 2.29. The van der Waals surface area contributed by atoms with Crippen molar-refractivity contribution in [3.05, 3.63) is 47.5 Å². The Morgan fingerprint density at radius 3 is 2.71 bits per heavy atom. The molecule has 1 N–H and O–H groups in total. The van der Waals surface area contributed by atoms with Gasteiger partial charge in [0.15, 0.2) is 11.5 Å². The Labute approximate surface area is 204 Å². The van der Waals surface area contributed by atoms with Gasteiger partial charge < -0.3 is 10.1 Å². The number of nitrogens with zero attached hydrogens (tertiary/aromatic N) is 5. The minimum absolute atomic E-state index is 0.184. The number of thioether (sulfide) groups is 1. The Morgan fingerprint density at radius 1 is 1.18 bits per heavy atom. The molecule has 0 spiro atoms. The van der Waals surface area contributed by atoms with Crippen LogP contribution < -0.4 is 5.32 Å². The van der Waals surface area contributed by atoms with Crippen molar-refractivity contribution >= 4 is 45.9 Å². The molecule has 0 saturated carbocycles. The molecule has 178 valence electrons. The maximum absolute atomic E-state index is 14.0. The number of alkyl halides is 2. The fraction of sp³-hybridized carbons (Fsp3) is 0.348. The molecule has 1 unspecified atom stereocenters. The van der Waals surface area contributed by atoms with Crippen molar-refractivity contribution in [2.75, 3.05) is 18.2 Å². The normalized spacial score (nSPS) is 16.5. The second-order valence-corrected chi connectivity index (χ2v) is 9.28. The molecule has 34 heavy (non-hydrogen) atoms. The monoisotopic (exact) mass is 504 g/mol.